The summed E-state index contributed by atoms with van der Waals surface area (Å²) in [6, 6.07) is 7.66. The number of methoxy groups -OCH3 is 1. The summed E-state index contributed by atoms with van der Waals surface area (Å²) in [6.07, 6.45) is 0. The zero-order valence-electron chi connectivity index (χ0n) is 9.95. The van der Waals surface area contributed by atoms with E-state index in [1.807, 2.05) is 0 Å². The van der Waals surface area contributed by atoms with Crippen molar-refractivity contribution in [2.75, 3.05) is 7.11 Å². The van der Waals surface area contributed by atoms with Crippen LogP contribution >= 0.6 is 12.2 Å². The summed E-state index contributed by atoms with van der Waals surface area (Å²) in [5.41, 5.74) is 5.67. The number of nitro benzene ring substituents is 1. The number of rotatable bonds is 4. The minimum atomic E-state index is -0.499. The zero-order chi connectivity index (χ0) is 14.0. The van der Waals surface area contributed by atoms with E-state index in [-0.39, 0.29) is 10.7 Å². The van der Waals surface area contributed by atoms with Gasteiger partial charge in [-0.15, -0.1) is 0 Å². The maximum atomic E-state index is 11.1. The molecule has 7 heteroatoms. The molecule has 0 saturated carbocycles. The number of nitrogens with zero attached hydrogens (tertiary/aromatic N) is 1. The van der Waals surface area contributed by atoms with Gasteiger partial charge >= 0.3 is 0 Å². The standard InChI is InChI=1S/C12H10N2O4S/c1-17-7-2-3-8(9(6-7)14(15)16)10-4-5-11(18-10)12(13)19/h2-6H,1H3,(H2,13,19). The van der Waals surface area contributed by atoms with E-state index < -0.39 is 4.92 Å². The summed E-state index contributed by atoms with van der Waals surface area (Å²) in [4.78, 5) is 10.7. The molecule has 2 N–H and O–H groups in total. The molecular weight excluding hydrogens is 268 g/mol. The highest BCUT2D eigenvalue weighted by atomic mass is 32.1. The fourth-order valence-electron chi connectivity index (χ4n) is 1.61. The van der Waals surface area contributed by atoms with Gasteiger partial charge in [0, 0.05) is 0 Å². The van der Waals surface area contributed by atoms with Gasteiger partial charge in [-0.3, -0.25) is 10.1 Å². The molecule has 1 aromatic heterocycles. The van der Waals surface area contributed by atoms with E-state index in [0.29, 0.717) is 22.8 Å². The Balaban J connectivity index is 2.54. The Morgan fingerprint density at radius 3 is 2.68 bits per heavy atom. The predicted molar refractivity (Wildman–Crippen MR) is 73.2 cm³/mol. The highest BCUT2D eigenvalue weighted by Crippen LogP contribution is 2.34. The smallest absolute Gasteiger partial charge is 0.284 e. The minimum Gasteiger partial charge on any atom is -0.497 e. The molecule has 1 aromatic carbocycles. The van der Waals surface area contributed by atoms with Gasteiger partial charge in [-0.25, -0.2) is 0 Å². The molecule has 0 aliphatic rings. The second kappa shape index (κ2) is 5.07. The van der Waals surface area contributed by atoms with Crippen molar-refractivity contribution < 1.29 is 14.1 Å². The van der Waals surface area contributed by atoms with Crippen LogP contribution in [-0.4, -0.2) is 17.0 Å². The van der Waals surface area contributed by atoms with Crippen LogP contribution in [0, 0.1) is 10.1 Å². The highest BCUT2D eigenvalue weighted by Gasteiger charge is 2.19. The molecule has 0 unspecified atom stereocenters. The van der Waals surface area contributed by atoms with E-state index in [2.05, 4.69) is 0 Å². The van der Waals surface area contributed by atoms with E-state index >= 15 is 0 Å². The number of benzene rings is 1. The van der Waals surface area contributed by atoms with E-state index in [1.165, 1.54) is 13.2 Å². The van der Waals surface area contributed by atoms with Crippen LogP contribution in [0.3, 0.4) is 0 Å². The fraction of sp³-hybridized carbons (Fsp3) is 0.0833. The van der Waals surface area contributed by atoms with Gasteiger partial charge in [0.25, 0.3) is 5.69 Å². The number of ether oxygens (including phenoxy) is 1. The fourth-order valence-corrected chi connectivity index (χ4v) is 1.72. The first-order chi connectivity index (χ1) is 9.02. The number of nitro groups is 1. The maximum Gasteiger partial charge on any atom is 0.284 e. The lowest BCUT2D eigenvalue weighted by molar-refractivity contribution is -0.384. The maximum absolute atomic E-state index is 11.1. The topological polar surface area (TPSA) is 91.5 Å². The van der Waals surface area contributed by atoms with Crippen LogP contribution in [0.2, 0.25) is 0 Å². The Bertz CT molecular complexity index is 651. The minimum absolute atomic E-state index is 0.0995. The molecule has 98 valence electrons. The molecule has 0 fully saturated rings. The first-order valence-corrected chi connectivity index (χ1v) is 5.66. The van der Waals surface area contributed by atoms with Gasteiger partial charge in [0.15, 0.2) is 5.76 Å². The van der Waals surface area contributed by atoms with Crippen LogP contribution in [0.25, 0.3) is 11.3 Å². The molecule has 0 spiro atoms. The third-order valence-electron chi connectivity index (χ3n) is 2.52. The Kier molecular flexibility index (Phi) is 3.48. The Labute approximate surface area is 113 Å². The van der Waals surface area contributed by atoms with Crippen molar-refractivity contribution in [3.05, 3.63) is 46.2 Å². The second-order valence-electron chi connectivity index (χ2n) is 3.67. The van der Waals surface area contributed by atoms with Crippen molar-refractivity contribution in [1.82, 2.24) is 0 Å². The summed E-state index contributed by atoms with van der Waals surface area (Å²) >= 11 is 4.78. The highest BCUT2D eigenvalue weighted by molar-refractivity contribution is 7.80. The average Bonchev–Trinajstić information content (AvgIpc) is 2.87. The summed E-state index contributed by atoms with van der Waals surface area (Å²) in [6.45, 7) is 0. The van der Waals surface area contributed by atoms with Crippen molar-refractivity contribution in [1.29, 1.82) is 0 Å². The van der Waals surface area contributed by atoms with Crippen LogP contribution in [-0.2, 0) is 0 Å². The van der Waals surface area contributed by atoms with Gasteiger partial charge in [-0.1, -0.05) is 12.2 Å². The molecule has 0 radical (unpaired) electrons. The lowest BCUT2D eigenvalue weighted by atomic mass is 10.1. The average molecular weight is 278 g/mol. The lowest BCUT2D eigenvalue weighted by Gasteiger charge is -2.03. The third-order valence-corrected chi connectivity index (χ3v) is 2.72. The molecule has 1 heterocycles. The van der Waals surface area contributed by atoms with Crippen molar-refractivity contribution in [3.63, 3.8) is 0 Å². The molecule has 2 rings (SSSR count). The summed E-state index contributed by atoms with van der Waals surface area (Å²) in [5, 5.41) is 11.1. The second-order valence-corrected chi connectivity index (χ2v) is 4.11. The lowest BCUT2D eigenvalue weighted by Crippen LogP contribution is -2.07. The quantitative estimate of drug-likeness (QED) is 0.525. The molecule has 0 aliphatic carbocycles. The Hall–Kier alpha value is -2.41. The first-order valence-electron chi connectivity index (χ1n) is 5.25. The number of thiocarbonyl (C=S) groups is 1. The number of hydrogen-bond acceptors (Lipinski definition) is 5. The van der Waals surface area contributed by atoms with Gasteiger partial charge in [-0.2, -0.15) is 0 Å². The molecule has 6 nitrogen and oxygen atoms in total. The number of nitrogens with two attached hydrogens (primary N) is 1. The van der Waals surface area contributed by atoms with Crippen LogP contribution in [0.4, 0.5) is 5.69 Å². The van der Waals surface area contributed by atoms with Crippen molar-refractivity contribution >= 4 is 22.9 Å². The normalized spacial score (nSPS) is 10.2. The predicted octanol–water partition coefficient (Wildman–Crippen LogP) is 2.50. The molecule has 0 amide bonds. The van der Waals surface area contributed by atoms with E-state index in [1.54, 1.807) is 24.3 Å². The van der Waals surface area contributed by atoms with Crippen LogP contribution in [0.1, 0.15) is 5.76 Å². The summed E-state index contributed by atoms with van der Waals surface area (Å²) in [7, 11) is 1.44. The van der Waals surface area contributed by atoms with Gasteiger partial charge in [0.05, 0.1) is 23.7 Å². The molecular formula is C12H10N2O4S. The van der Waals surface area contributed by atoms with Gasteiger partial charge in [0.1, 0.15) is 16.5 Å². The summed E-state index contributed by atoms with van der Waals surface area (Å²) < 4.78 is 10.3. The number of furan rings is 1. The molecule has 2 aromatic rings. The van der Waals surface area contributed by atoms with E-state index in [0.717, 1.165) is 0 Å². The molecule has 0 bridgehead atoms. The van der Waals surface area contributed by atoms with Crippen LogP contribution in [0.15, 0.2) is 34.7 Å². The Morgan fingerprint density at radius 1 is 1.42 bits per heavy atom. The molecule has 0 aliphatic heterocycles. The zero-order valence-corrected chi connectivity index (χ0v) is 10.8. The van der Waals surface area contributed by atoms with E-state index in [9.17, 15) is 10.1 Å². The Morgan fingerprint density at radius 2 is 2.16 bits per heavy atom. The largest absolute Gasteiger partial charge is 0.497 e. The van der Waals surface area contributed by atoms with Crippen molar-refractivity contribution in [2.24, 2.45) is 5.73 Å². The SMILES string of the molecule is COc1ccc(-c2ccc(C(N)=S)o2)c([N+](=O)[O-])c1. The third kappa shape index (κ3) is 2.55. The molecule has 0 atom stereocenters. The first kappa shape index (κ1) is 13.0. The van der Waals surface area contributed by atoms with E-state index in [4.69, 9.17) is 27.1 Å². The number of hydrogen-bond donors (Lipinski definition) is 1. The molecule has 19 heavy (non-hydrogen) atoms. The summed E-state index contributed by atoms with van der Waals surface area (Å²) in [5.74, 6) is 1.05. The van der Waals surface area contributed by atoms with Crippen molar-refractivity contribution in [2.45, 2.75) is 0 Å². The van der Waals surface area contributed by atoms with Gasteiger partial charge in [0.2, 0.25) is 0 Å². The van der Waals surface area contributed by atoms with Gasteiger partial charge in [-0.05, 0) is 24.3 Å². The van der Waals surface area contributed by atoms with Crippen LogP contribution in [0.5, 0.6) is 5.75 Å². The van der Waals surface area contributed by atoms with Crippen LogP contribution < -0.4 is 10.5 Å². The monoisotopic (exact) mass is 278 g/mol. The van der Waals surface area contributed by atoms with Crippen molar-refractivity contribution in [3.8, 4) is 17.1 Å². The molecule has 0 saturated heterocycles. The van der Waals surface area contributed by atoms with Gasteiger partial charge < -0.3 is 14.9 Å².